The minimum atomic E-state index is 0.0826. The number of hydrogen-bond donors (Lipinski definition) is 0. The molecule has 2 heteroatoms. The monoisotopic (exact) mass is 306 g/mol. The molecule has 1 rings (SSSR count). The van der Waals surface area contributed by atoms with Gasteiger partial charge in [0.1, 0.15) is 0 Å². The zero-order valence-electron chi connectivity index (χ0n) is 14.9. The van der Waals surface area contributed by atoms with Crippen LogP contribution in [0.15, 0.2) is 30.3 Å². The van der Waals surface area contributed by atoms with Crippen LogP contribution in [0, 0.1) is 11.3 Å². The van der Waals surface area contributed by atoms with Crippen molar-refractivity contribution in [2.45, 2.75) is 52.4 Å². The van der Waals surface area contributed by atoms with E-state index >= 15 is 0 Å². The number of ether oxygens (including phenoxy) is 2. The second kappa shape index (κ2) is 10.8. The fraction of sp³-hybridized carbons (Fsp3) is 0.700. The SMILES string of the molecule is CCCCC(CC)CC(COC)(COC)Cc1ccccc1. The minimum absolute atomic E-state index is 0.0826. The Morgan fingerprint density at radius 1 is 1.00 bits per heavy atom. The van der Waals surface area contributed by atoms with Crippen LogP contribution in [0.2, 0.25) is 0 Å². The number of benzene rings is 1. The zero-order chi connectivity index (χ0) is 16.3. The van der Waals surface area contributed by atoms with Gasteiger partial charge in [-0.2, -0.15) is 0 Å². The Labute approximate surface area is 137 Å². The van der Waals surface area contributed by atoms with Crippen LogP contribution in [-0.2, 0) is 15.9 Å². The molecule has 0 aliphatic rings. The molecule has 0 N–H and O–H groups in total. The summed E-state index contributed by atoms with van der Waals surface area (Å²) < 4.78 is 11.2. The summed E-state index contributed by atoms with van der Waals surface area (Å²) in [5.41, 5.74) is 1.46. The molecule has 0 aromatic heterocycles. The lowest BCUT2D eigenvalue weighted by Crippen LogP contribution is -2.36. The van der Waals surface area contributed by atoms with Gasteiger partial charge < -0.3 is 9.47 Å². The normalized spacial score (nSPS) is 13.3. The highest BCUT2D eigenvalue weighted by molar-refractivity contribution is 5.17. The van der Waals surface area contributed by atoms with Crippen LogP contribution in [0.25, 0.3) is 0 Å². The molecule has 1 aromatic rings. The van der Waals surface area contributed by atoms with E-state index in [1.165, 1.54) is 37.7 Å². The van der Waals surface area contributed by atoms with Crippen LogP contribution in [-0.4, -0.2) is 27.4 Å². The molecule has 0 radical (unpaired) electrons. The quantitative estimate of drug-likeness (QED) is 0.534. The Bertz CT molecular complexity index is 369. The molecule has 126 valence electrons. The van der Waals surface area contributed by atoms with Crippen molar-refractivity contribution in [2.24, 2.45) is 11.3 Å². The van der Waals surface area contributed by atoms with Gasteiger partial charge in [0.15, 0.2) is 0 Å². The first kappa shape index (κ1) is 19.2. The van der Waals surface area contributed by atoms with E-state index in [9.17, 15) is 0 Å². The van der Waals surface area contributed by atoms with E-state index in [1.807, 2.05) is 14.2 Å². The molecule has 0 aliphatic heterocycles. The lowest BCUT2D eigenvalue weighted by atomic mass is 9.74. The second-order valence-corrected chi connectivity index (χ2v) is 6.65. The largest absolute Gasteiger partial charge is 0.384 e. The van der Waals surface area contributed by atoms with Crippen molar-refractivity contribution >= 4 is 0 Å². The van der Waals surface area contributed by atoms with Gasteiger partial charge in [-0.25, -0.2) is 0 Å². The van der Waals surface area contributed by atoms with Crippen molar-refractivity contribution in [3.63, 3.8) is 0 Å². The van der Waals surface area contributed by atoms with E-state index < -0.39 is 0 Å². The van der Waals surface area contributed by atoms with E-state index in [2.05, 4.69) is 44.2 Å². The molecule has 0 amide bonds. The number of hydrogen-bond acceptors (Lipinski definition) is 2. The fourth-order valence-electron chi connectivity index (χ4n) is 3.53. The summed E-state index contributed by atoms with van der Waals surface area (Å²) >= 11 is 0. The summed E-state index contributed by atoms with van der Waals surface area (Å²) in [5, 5.41) is 0. The van der Waals surface area contributed by atoms with Crippen LogP contribution in [0.4, 0.5) is 0 Å². The molecular weight excluding hydrogens is 272 g/mol. The van der Waals surface area contributed by atoms with Crippen LogP contribution >= 0.6 is 0 Å². The van der Waals surface area contributed by atoms with Crippen molar-refractivity contribution < 1.29 is 9.47 Å². The predicted molar refractivity (Wildman–Crippen MR) is 94.3 cm³/mol. The lowest BCUT2D eigenvalue weighted by molar-refractivity contribution is -0.00724. The van der Waals surface area contributed by atoms with Crippen LogP contribution in [0.3, 0.4) is 0 Å². The summed E-state index contributed by atoms with van der Waals surface area (Å²) in [5.74, 6) is 0.758. The van der Waals surface area contributed by atoms with E-state index in [0.29, 0.717) is 0 Å². The molecule has 1 atom stereocenters. The van der Waals surface area contributed by atoms with Crippen molar-refractivity contribution in [1.82, 2.24) is 0 Å². The van der Waals surface area contributed by atoms with Gasteiger partial charge in [-0.05, 0) is 24.3 Å². The highest BCUT2D eigenvalue weighted by Crippen LogP contribution is 2.35. The maximum atomic E-state index is 5.60. The van der Waals surface area contributed by atoms with Gasteiger partial charge in [-0.1, -0.05) is 69.9 Å². The maximum Gasteiger partial charge on any atom is 0.0544 e. The van der Waals surface area contributed by atoms with Crippen molar-refractivity contribution in [1.29, 1.82) is 0 Å². The second-order valence-electron chi connectivity index (χ2n) is 6.65. The van der Waals surface area contributed by atoms with Gasteiger partial charge >= 0.3 is 0 Å². The topological polar surface area (TPSA) is 18.5 Å². The summed E-state index contributed by atoms with van der Waals surface area (Å²) in [4.78, 5) is 0. The van der Waals surface area contributed by atoms with Gasteiger partial charge in [-0.15, -0.1) is 0 Å². The van der Waals surface area contributed by atoms with Crippen LogP contribution in [0.1, 0.15) is 51.5 Å². The molecule has 22 heavy (non-hydrogen) atoms. The molecular formula is C20H34O2. The molecule has 2 nitrogen and oxygen atoms in total. The molecule has 0 heterocycles. The van der Waals surface area contributed by atoms with Gasteiger partial charge in [0.2, 0.25) is 0 Å². The average Bonchev–Trinajstić information content (AvgIpc) is 2.53. The number of methoxy groups -OCH3 is 2. The van der Waals surface area contributed by atoms with Crippen LogP contribution in [0.5, 0.6) is 0 Å². The molecule has 0 fully saturated rings. The Morgan fingerprint density at radius 3 is 2.14 bits per heavy atom. The van der Waals surface area contributed by atoms with E-state index in [1.54, 1.807) is 0 Å². The average molecular weight is 306 g/mol. The third kappa shape index (κ3) is 6.50. The highest BCUT2D eigenvalue weighted by Gasteiger charge is 2.33. The Morgan fingerprint density at radius 2 is 1.64 bits per heavy atom. The first-order valence-electron chi connectivity index (χ1n) is 8.71. The molecule has 0 spiro atoms. The van der Waals surface area contributed by atoms with E-state index in [4.69, 9.17) is 9.47 Å². The molecule has 0 bridgehead atoms. The van der Waals surface area contributed by atoms with Crippen LogP contribution < -0.4 is 0 Å². The third-order valence-electron chi connectivity index (χ3n) is 4.59. The van der Waals surface area contributed by atoms with Gasteiger partial charge in [0.05, 0.1) is 13.2 Å². The summed E-state index contributed by atoms with van der Waals surface area (Å²) in [6.45, 7) is 6.11. The Balaban J connectivity index is 2.87. The minimum Gasteiger partial charge on any atom is -0.384 e. The maximum absolute atomic E-state index is 5.60. The number of rotatable bonds is 12. The molecule has 0 aliphatic carbocycles. The molecule has 0 saturated heterocycles. The number of unbranched alkanes of at least 4 members (excludes halogenated alkanes) is 1. The van der Waals surface area contributed by atoms with Gasteiger partial charge in [0.25, 0.3) is 0 Å². The lowest BCUT2D eigenvalue weighted by Gasteiger charge is -2.36. The Hall–Kier alpha value is -0.860. The van der Waals surface area contributed by atoms with E-state index in [-0.39, 0.29) is 5.41 Å². The highest BCUT2D eigenvalue weighted by atomic mass is 16.5. The van der Waals surface area contributed by atoms with Gasteiger partial charge in [-0.3, -0.25) is 0 Å². The molecule has 0 saturated carbocycles. The first-order valence-corrected chi connectivity index (χ1v) is 8.71. The van der Waals surface area contributed by atoms with E-state index in [0.717, 1.165) is 25.6 Å². The van der Waals surface area contributed by atoms with Gasteiger partial charge in [0, 0.05) is 19.6 Å². The first-order chi connectivity index (χ1) is 10.7. The fourth-order valence-corrected chi connectivity index (χ4v) is 3.53. The Kier molecular flexibility index (Phi) is 9.42. The standard InChI is InChI=1S/C20H34O2/c1-5-7-11-18(6-2)14-20(16-21-3,17-22-4)15-19-12-9-8-10-13-19/h8-10,12-13,18H,5-7,11,14-17H2,1-4H3. The van der Waals surface area contributed by atoms with Crippen molar-refractivity contribution in [2.75, 3.05) is 27.4 Å². The third-order valence-corrected chi connectivity index (χ3v) is 4.59. The predicted octanol–water partition coefficient (Wildman–Crippen LogP) is 5.11. The molecule has 1 unspecified atom stereocenters. The zero-order valence-corrected chi connectivity index (χ0v) is 14.9. The summed E-state index contributed by atoms with van der Waals surface area (Å²) in [6, 6.07) is 10.7. The smallest absolute Gasteiger partial charge is 0.0544 e. The van der Waals surface area contributed by atoms with Crippen molar-refractivity contribution in [3.05, 3.63) is 35.9 Å². The summed E-state index contributed by atoms with van der Waals surface area (Å²) in [7, 11) is 3.62. The van der Waals surface area contributed by atoms with Crippen molar-refractivity contribution in [3.8, 4) is 0 Å². The summed E-state index contributed by atoms with van der Waals surface area (Å²) in [6.07, 6.45) is 7.36. The molecule has 1 aromatic carbocycles.